The van der Waals surface area contributed by atoms with Crippen LogP contribution in [-0.2, 0) is 4.74 Å². The fraction of sp³-hybridized carbons (Fsp3) is 0.333. The predicted octanol–water partition coefficient (Wildman–Crippen LogP) is 4.31. The Balaban J connectivity index is 1.20. The summed E-state index contributed by atoms with van der Waals surface area (Å²) in [4.78, 5) is 30.0. The van der Waals surface area contributed by atoms with E-state index in [1.807, 2.05) is 42.5 Å². The van der Waals surface area contributed by atoms with Crippen molar-refractivity contribution >= 4 is 40.1 Å². The molecule has 4 aromatic rings. The first-order valence-electron chi connectivity index (χ1n) is 12.3. The van der Waals surface area contributed by atoms with Crippen molar-refractivity contribution in [2.75, 3.05) is 24.6 Å². The minimum Gasteiger partial charge on any atom is -0.376 e. The Bertz CT molecular complexity index is 1490. The van der Waals surface area contributed by atoms with Gasteiger partial charge in [0.1, 0.15) is 17.2 Å². The van der Waals surface area contributed by atoms with Crippen LogP contribution in [0.3, 0.4) is 0 Å². The molecule has 0 unspecified atom stereocenters. The largest absolute Gasteiger partial charge is 0.376 e. The average molecular weight is 535 g/mol. The number of anilines is 1. The van der Waals surface area contributed by atoms with Gasteiger partial charge in [0.15, 0.2) is 0 Å². The number of rotatable bonds is 4. The molecule has 37 heavy (non-hydrogen) atoms. The van der Waals surface area contributed by atoms with Gasteiger partial charge in [-0.25, -0.2) is 15.0 Å². The van der Waals surface area contributed by atoms with Crippen LogP contribution >= 0.6 is 23.4 Å². The van der Waals surface area contributed by atoms with Crippen LogP contribution in [0, 0.1) is 5.41 Å². The smallest absolute Gasteiger partial charge is 0.267 e. The fourth-order valence-corrected chi connectivity index (χ4v) is 6.41. The van der Waals surface area contributed by atoms with Gasteiger partial charge in [0.2, 0.25) is 0 Å². The zero-order valence-corrected chi connectivity index (χ0v) is 22.0. The molecular formula is C27H27ClN6O2S. The maximum Gasteiger partial charge on any atom is 0.267 e. The second-order valence-electron chi connectivity index (χ2n) is 9.73. The first kappa shape index (κ1) is 24.4. The monoisotopic (exact) mass is 534 g/mol. The van der Waals surface area contributed by atoms with Gasteiger partial charge in [0, 0.05) is 29.4 Å². The van der Waals surface area contributed by atoms with Gasteiger partial charge in [-0.15, -0.1) is 0 Å². The zero-order valence-electron chi connectivity index (χ0n) is 20.4. The molecule has 2 aromatic heterocycles. The van der Waals surface area contributed by atoms with Gasteiger partial charge in [0.25, 0.3) is 5.56 Å². The van der Waals surface area contributed by atoms with E-state index in [2.05, 4.69) is 26.8 Å². The lowest BCUT2D eigenvalue weighted by Gasteiger charge is -2.41. The Labute approximate surface area is 223 Å². The normalized spacial score (nSPS) is 21.1. The van der Waals surface area contributed by atoms with Crippen molar-refractivity contribution in [2.45, 2.75) is 41.8 Å². The Hall–Kier alpha value is -2.98. The number of hydrogen-bond acceptors (Lipinski definition) is 8. The quantitative estimate of drug-likeness (QED) is 0.413. The van der Waals surface area contributed by atoms with Crippen molar-refractivity contribution < 1.29 is 4.74 Å². The van der Waals surface area contributed by atoms with E-state index in [1.165, 1.54) is 22.7 Å². The summed E-state index contributed by atoms with van der Waals surface area (Å²) in [6, 6.07) is 13.1. The van der Waals surface area contributed by atoms with Crippen LogP contribution in [0.1, 0.15) is 19.8 Å². The van der Waals surface area contributed by atoms with Gasteiger partial charge in [-0.3, -0.25) is 9.36 Å². The van der Waals surface area contributed by atoms with Crippen LogP contribution in [0.4, 0.5) is 5.82 Å². The molecule has 2 saturated heterocycles. The number of aromatic nitrogens is 4. The highest BCUT2D eigenvalue weighted by molar-refractivity contribution is 7.99. The van der Waals surface area contributed by atoms with Gasteiger partial charge in [-0.1, -0.05) is 41.6 Å². The zero-order chi connectivity index (χ0) is 25.6. The summed E-state index contributed by atoms with van der Waals surface area (Å²) in [7, 11) is 0. The molecule has 2 aromatic carbocycles. The lowest BCUT2D eigenvalue weighted by molar-refractivity contribution is 0.0974. The van der Waals surface area contributed by atoms with Crippen molar-refractivity contribution in [3.8, 4) is 5.69 Å². The number of fused-ring (bicyclic) bond motifs is 1. The van der Waals surface area contributed by atoms with Crippen molar-refractivity contribution in [3.63, 3.8) is 0 Å². The van der Waals surface area contributed by atoms with Gasteiger partial charge < -0.3 is 15.4 Å². The molecule has 2 N–H and O–H groups in total. The summed E-state index contributed by atoms with van der Waals surface area (Å²) >= 11 is 8.12. The molecule has 190 valence electrons. The minimum absolute atomic E-state index is 0.0694. The summed E-state index contributed by atoms with van der Waals surface area (Å²) < 4.78 is 7.34. The summed E-state index contributed by atoms with van der Waals surface area (Å²) in [6.07, 6.45) is 7.16. The molecule has 2 atom stereocenters. The summed E-state index contributed by atoms with van der Waals surface area (Å²) in [5.41, 5.74) is 7.59. The number of benzene rings is 2. The van der Waals surface area contributed by atoms with Gasteiger partial charge >= 0.3 is 0 Å². The molecule has 0 saturated carbocycles. The number of nitrogens with two attached hydrogens (primary N) is 1. The van der Waals surface area contributed by atoms with E-state index < -0.39 is 0 Å². The maximum absolute atomic E-state index is 13.3. The number of ether oxygens (including phenoxy) is 1. The second-order valence-corrected chi connectivity index (χ2v) is 11.2. The number of nitrogens with zero attached hydrogens (tertiary/aromatic N) is 5. The highest BCUT2D eigenvalue weighted by atomic mass is 35.5. The molecule has 0 amide bonds. The minimum atomic E-state index is -0.213. The number of para-hydroxylation sites is 1. The molecule has 10 heteroatoms. The number of halogens is 1. The van der Waals surface area contributed by atoms with E-state index in [1.54, 1.807) is 12.4 Å². The SMILES string of the molecule is C[C@@H]1OCC2(CCN(c3cnc(Sc4ccc5ncn(-c6ccccc6)c(=O)c5c4Cl)cn3)CC2)[C@@H]1N. The molecule has 2 aliphatic rings. The number of hydrogen-bond donors (Lipinski definition) is 1. The van der Waals surface area contributed by atoms with E-state index in [0.717, 1.165) is 48.9 Å². The maximum atomic E-state index is 13.3. The second kappa shape index (κ2) is 9.72. The van der Waals surface area contributed by atoms with Crippen LogP contribution in [0.5, 0.6) is 0 Å². The predicted molar refractivity (Wildman–Crippen MR) is 146 cm³/mol. The van der Waals surface area contributed by atoms with E-state index in [9.17, 15) is 4.79 Å². The summed E-state index contributed by atoms with van der Waals surface area (Å²) in [5, 5.41) is 1.45. The lowest BCUT2D eigenvalue weighted by Crippen LogP contribution is -2.50. The molecule has 4 heterocycles. The molecular weight excluding hydrogens is 508 g/mol. The Morgan fingerprint density at radius 1 is 1.08 bits per heavy atom. The highest BCUT2D eigenvalue weighted by Crippen LogP contribution is 2.42. The first-order valence-corrected chi connectivity index (χ1v) is 13.5. The van der Waals surface area contributed by atoms with Gasteiger partial charge in [-0.05, 0) is 44.0 Å². The molecule has 6 rings (SSSR count). The van der Waals surface area contributed by atoms with E-state index >= 15 is 0 Å². The molecule has 0 radical (unpaired) electrons. The topological polar surface area (TPSA) is 99.2 Å². The van der Waals surface area contributed by atoms with Crippen molar-refractivity contribution in [1.29, 1.82) is 0 Å². The van der Waals surface area contributed by atoms with Crippen molar-refractivity contribution in [3.05, 3.63) is 76.6 Å². The van der Waals surface area contributed by atoms with Crippen LogP contribution in [0.25, 0.3) is 16.6 Å². The Morgan fingerprint density at radius 3 is 2.54 bits per heavy atom. The standard InChI is InChI=1S/C27H27ClN6O2S/c1-17-25(29)27(15-36-17)9-11-33(12-10-27)21-13-31-22(14-30-21)37-20-8-7-19-23(24(20)28)26(35)34(16-32-19)18-5-3-2-4-6-18/h2-8,13-14,16-17,25H,9-12,15,29H2,1H3/t17-,25+/m0/s1. The van der Waals surface area contributed by atoms with E-state index in [4.69, 9.17) is 22.1 Å². The van der Waals surface area contributed by atoms with Crippen LogP contribution in [0.15, 0.2) is 75.9 Å². The van der Waals surface area contributed by atoms with Gasteiger partial charge in [0.05, 0.1) is 46.7 Å². The highest BCUT2D eigenvalue weighted by Gasteiger charge is 2.47. The van der Waals surface area contributed by atoms with E-state index in [-0.39, 0.29) is 23.1 Å². The third-order valence-electron chi connectivity index (χ3n) is 7.62. The van der Waals surface area contributed by atoms with Crippen molar-refractivity contribution in [1.82, 2.24) is 19.5 Å². The van der Waals surface area contributed by atoms with E-state index in [0.29, 0.717) is 21.0 Å². The summed E-state index contributed by atoms with van der Waals surface area (Å²) in [6.45, 7) is 4.55. The van der Waals surface area contributed by atoms with Crippen molar-refractivity contribution in [2.24, 2.45) is 11.1 Å². The lowest BCUT2D eigenvalue weighted by atomic mass is 9.73. The molecule has 8 nitrogen and oxygen atoms in total. The molecule has 0 bridgehead atoms. The molecule has 1 spiro atoms. The van der Waals surface area contributed by atoms with Gasteiger partial charge in [-0.2, -0.15) is 0 Å². The molecule has 2 fully saturated rings. The molecule has 0 aliphatic carbocycles. The third-order valence-corrected chi connectivity index (χ3v) is 9.11. The van der Waals surface area contributed by atoms with Crippen LogP contribution in [-0.4, -0.2) is 51.4 Å². The fourth-order valence-electron chi connectivity index (χ4n) is 5.29. The van der Waals surface area contributed by atoms with Crippen LogP contribution in [0.2, 0.25) is 5.02 Å². The average Bonchev–Trinajstić information content (AvgIpc) is 3.20. The summed E-state index contributed by atoms with van der Waals surface area (Å²) in [5.74, 6) is 0.847. The Morgan fingerprint density at radius 2 is 1.86 bits per heavy atom. The molecule has 2 aliphatic heterocycles. The Kier molecular flexibility index (Phi) is 6.40. The number of piperidine rings is 1. The van der Waals surface area contributed by atoms with Crippen LogP contribution < -0.4 is 16.2 Å². The third kappa shape index (κ3) is 4.40. The first-order chi connectivity index (χ1) is 17.9.